The number of sulfone groups is 1. The van der Waals surface area contributed by atoms with Crippen LogP contribution >= 0.6 is 0 Å². The molecule has 1 aromatic rings. The minimum Gasteiger partial charge on any atom is -0.356 e. The quantitative estimate of drug-likeness (QED) is 0.847. The summed E-state index contributed by atoms with van der Waals surface area (Å²) in [6, 6.07) is 8.49. The fraction of sp³-hybridized carbons (Fsp3) is 0.647. The van der Waals surface area contributed by atoms with Crippen LogP contribution in [0, 0.1) is 5.92 Å². The first-order chi connectivity index (χ1) is 10.8. The van der Waals surface area contributed by atoms with Crippen LogP contribution in [-0.4, -0.2) is 38.5 Å². The van der Waals surface area contributed by atoms with Gasteiger partial charge in [-0.2, -0.15) is 0 Å². The highest BCUT2D eigenvalue weighted by Crippen LogP contribution is 2.36. The molecule has 5 nitrogen and oxygen atoms in total. The number of rotatable bonds is 3. The molecule has 0 amide bonds. The molecule has 2 saturated heterocycles. The zero-order chi connectivity index (χ0) is 16.7. The normalized spacial score (nSPS) is 34.4. The third-order valence-corrected chi connectivity index (χ3v) is 6.51. The molecule has 128 valence electrons. The fourth-order valence-electron chi connectivity index (χ4n) is 3.26. The summed E-state index contributed by atoms with van der Waals surface area (Å²) in [4.78, 5) is 0.308. The maximum Gasteiger partial charge on any atom is 0.205 e. The van der Waals surface area contributed by atoms with Crippen molar-refractivity contribution in [2.75, 3.05) is 6.61 Å². The first kappa shape index (κ1) is 16.9. The van der Waals surface area contributed by atoms with Gasteiger partial charge in [0.25, 0.3) is 0 Å². The molecule has 2 aliphatic rings. The van der Waals surface area contributed by atoms with Gasteiger partial charge in [-0.05, 0) is 44.7 Å². The lowest BCUT2D eigenvalue weighted by Gasteiger charge is -2.37. The van der Waals surface area contributed by atoms with E-state index in [4.69, 9.17) is 14.2 Å². The van der Waals surface area contributed by atoms with Crippen molar-refractivity contribution < 1.29 is 22.6 Å². The smallest absolute Gasteiger partial charge is 0.205 e. The highest BCUT2D eigenvalue weighted by molar-refractivity contribution is 7.91. The van der Waals surface area contributed by atoms with Gasteiger partial charge in [0.2, 0.25) is 9.84 Å². The van der Waals surface area contributed by atoms with Crippen LogP contribution < -0.4 is 0 Å². The van der Waals surface area contributed by atoms with Gasteiger partial charge in [0.05, 0.1) is 17.6 Å². The Labute approximate surface area is 137 Å². The van der Waals surface area contributed by atoms with Crippen molar-refractivity contribution in [2.24, 2.45) is 5.92 Å². The van der Waals surface area contributed by atoms with E-state index in [0.29, 0.717) is 17.9 Å². The van der Waals surface area contributed by atoms with Crippen molar-refractivity contribution in [3.63, 3.8) is 0 Å². The van der Waals surface area contributed by atoms with E-state index in [0.717, 1.165) is 6.42 Å². The van der Waals surface area contributed by atoms with Crippen LogP contribution in [0.25, 0.3) is 0 Å². The van der Waals surface area contributed by atoms with Crippen LogP contribution in [0.5, 0.6) is 0 Å². The summed E-state index contributed by atoms with van der Waals surface area (Å²) in [7, 11) is -3.50. The Bertz CT molecular complexity index is 640. The van der Waals surface area contributed by atoms with Gasteiger partial charge in [-0.25, -0.2) is 8.42 Å². The second-order valence-corrected chi connectivity index (χ2v) is 8.90. The SMILES string of the molecule is C[C@@H]1CCC(S(=O)(=O)c2ccccc2)O[C@H]1[C@H]1COC(C)(C)O1. The Kier molecular flexibility index (Phi) is 4.53. The molecule has 2 heterocycles. The van der Waals surface area contributed by atoms with Crippen molar-refractivity contribution in [3.05, 3.63) is 30.3 Å². The summed E-state index contributed by atoms with van der Waals surface area (Å²) in [5.74, 6) is -0.404. The van der Waals surface area contributed by atoms with Gasteiger partial charge in [-0.3, -0.25) is 0 Å². The Hall–Kier alpha value is -0.950. The summed E-state index contributed by atoms with van der Waals surface area (Å²) in [5.41, 5.74) is -0.821. The van der Waals surface area contributed by atoms with Gasteiger partial charge in [0.1, 0.15) is 6.10 Å². The Morgan fingerprint density at radius 3 is 2.43 bits per heavy atom. The van der Waals surface area contributed by atoms with Crippen LogP contribution in [0.4, 0.5) is 0 Å². The van der Waals surface area contributed by atoms with Crippen LogP contribution in [0.1, 0.15) is 33.6 Å². The average Bonchev–Trinajstić information content (AvgIpc) is 2.88. The molecule has 0 saturated carbocycles. The molecule has 1 unspecified atom stereocenters. The third kappa shape index (κ3) is 3.45. The van der Waals surface area contributed by atoms with Crippen molar-refractivity contribution in [1.82, 2.24) is 0 Å². The number of ether oxygens (including phenoxy) is 3. The molecule has 6 heteroatoms. The van der Waals surface area contributed by atoms with Crippen LogP contribution in [0.2, 0.25) is 0 Å². The maximum absolute atomic E-state index is 12.8. The summed E-state index contributed by atoms with van der Waals surface area (Å²) < 4.78 is 43.1. The summed E-state index contributed by atoms with van der Waals surface area (Å²) >= 11 is 0. The fourth-order valence-corrected chi connectivity index (χ4v) is 4.82. The lowest BCUT2D eigenvalue weighted by molar-refractivity contribution is -0.171. The van der Waals surface area contributed by atoms with E-state index < -0.39 is 21.1 Å². The molecule has 0 aromatic heterocycles. The average molecular weight is 340 g/mol. The van der Waals surface area contributed by atoms with Crippen molar-refractivity contribution >= 4 is 9.84 Å². The molecule has 4 atom stereocenters. The van der Waals surface area contributed by atoms with Crippen molar-refractivity contribution in [2.45, 2.75) is 61.9 Å². The van der Waals surface area contributed by atoms with Crippen LogP contribution in [0.15, 0.2) is 35.2 Å². The molecule has 0 bridgehead atoms. The lowest BCUT2D eigenvalue weighted by atomic mass is 9.93. The molecule has 2 fully saturated rings. The highest BCUT2D eigenvalue weighted by Gasteiger charge is 2.45. The molecule has 0 N–H and O–H groups in total. The largest absolute Gasteiger partial charge is 0.356 e. The summed E-state index contributed by atoms with van der Waals surface area (Å²) in [5, 5.41) is 0. The predicted octanol–water partition coefficient (Wildman–Crippen LogP) is 2.75. The van der Waals surface area contributed by atoms with Crippen molar-refractivity contribution in [3.8, 4) is 0 Å². The van der Waals surface area contributed by atoms with E-state index in [9.17, 15) is 8.42 Å². The van der Waals surface area contributed by atoms with Crippen LogP contribution in [-0.2, 0) is 24.0 Å². The molecular weight excluding hydrogens is 316 g/mol. The summed E-state index contributed by atoms with van der Waals surface area (Å²) in [6.45, 7) is 6.22. The summed E-state index contributed by atoms with van der Waals surface area (Å²) in [6.07, 6.45) is 0.802. The predicted molar refractivity (Wildman–Crippen MR) is 85.6 cm³/mol. The van der Waals surface area contributed by atoms with Crippen LogP contribution in [0.3, 0.4) is 0 Å². The molecule has 0 aliphatic carbocycles. The monoisotopic (exact) mass is 340 g/mol. The molecule has 23 heavy (non-hydrogen) atoms. The van der Waals surface area contributed by atoms with E-state index in [1.54, 1.807) is 30.3 Å². The molecule has 1 aromatic carbocycles. The van der Waals surface area contributed by atoms with E-state index in [1.165, 1.54) is 0 Å². The molecule has 0 spiro atoms. The molecule has 3 rings (SSSR count). The van der Waals surface area contributed by atoms with E-state index in [2.05, 4.69) is 6.92 Å². The molecule has 0 radical (unpaired) electrons. The topological polar surface area (TPSA) is 61.8 Å². The Balaban J connectivity index is 1.78. The van der Waals surface area contributed by atoms with Gasteiger partial charge < -0.3 is 14.2 Å². The minimum atomic E-state index is -3.50. The second kappa shape index (κ2) is 6.16. The van der Waals surface area contributed by atoms with Gasteiger partial charge in [0, 0.05) is 0 Å². The number of hydrogen-bond donors (Lipinski definition) is 0. The van der Waals surface area contributed by atoms with Gasteiger partial charge in [0.15, 0.2) is 11.2 Å². The highest BCUT2D eigenvalue weighted by atomic mass is 32.2. The van der Waals surface area contributed by atoms with Gasteiger partial charge >= 0.3 is 0 Å². The number of hydrogen-bond acceptors (Lipinski definition) is 5. The van der Waals surface area contributed by atoms with Gasteiger partial charge in [-0.15, -0.1) is 0 Å². The van der Waals surface area contributed by atoms with E-state index in [-0.39, 0.29) is 18.1 Å². The number of benzene rings is 1. The third-order valence-electron chi connectivity index (χ3n) is 4.54. The molecule has 2 aliphatic heterocycles. The second-order valence-electron chi connectivity index (χ2n) is 6.81. The minimum absolute atomic E-state index is 0.228. The Morgan fingerprint density at radius 2 is 1.83 bits per heavy atom. The maximum atomic E-state index is 12.8. The van der Waals surface area contributed by atoms with Gasteiger partial charge in [-0.1, -0.05) is 25.1 Å². The zero-order valence-corrected chi connectivity index (χ0v) is 14.6. The Morgan fingerprint density at radius 1 is 1.13 bits per heavy atom. The van der Waals surface area contributed by atoms with E-state index in [1.807, 2.05) is 13.8 Å². The zero-order valence-electron chi connectivity index (χ0n) is 13.8. The van der Waals surface area contributed by atoms with E-state index >= 15 is 0 Å². The standard InChI is InChI=1S/C17H24O5S/c1-12-9-10-15(23(18,19)13-7-5-4-6-8-13)21-16(12)14-11-20-17(2,3)22-14/h4-8,12,14-16H,9-11H2,1-3H3/t12-,14-,15?,16-/m1/s1. The van der Waals surface area contributed by atoms with Crippen molar-refractivity contribution in [1.29, 1.82) is 0 Å². The lowest BCUT2D eigenvalue weighted by Crippen LogP contribution is -2.46. The first-order valence-corrected chi connectivity index (χ1v) is 9.60. The first-order valence-electron chi connectivity index (χ1n) is 8.06. The molecular formula is C17H24O5S.